The van der Waals surface area contributed by atoms with Crippen LogP contribution in [-0.2, 0) is 7.05 Å². The minimum absolute atomic E-state index is 0.208. The van der Waals surface area contributed by atoms with Gasteiger partial charge in [0.1, 0.15) is 0 Å². The Morgan fingerprint density at radius 1 is 1.32 bits per heavy atom. The fourth-order valence-electron chi connectivity index (χ4n) is 2.80. The molecule has 2 aromatic heterocycles. The van der Waals surface area contributed by atoms with Gasteiger partial charge in [0, 0.05) is 57.3 Å². The Morgan fingerprint density at radius 3 is 2.91 bits per heavy atom. The van der Waals surface area contributed by atoms with Crippen molar-refractivity contribution in [2.45, 2.75) is 12.5 Å². The third-order valence-corrected chi connectivity index (χ3v) is 4.17. The van der Waals surface area contributed by atoms with E-state index in [0.29, 0.717) is 6.04 Å². The molecule has 1 saturated heterocycles. The molecule has 1 N–H and O–H groups in total. The maximum absolute atomic E-state index is 9.20. The monoisotopic (exact) mass is 302 g/mol. The first-order valence-corrected chi connectivity index (χ1v) is 7.55. The van der Waals surface area contributed by atoms with E-state index in [2.05, 4.69) is 31.9 Å². The van der Waals surface area contributed by atoms with Crippen LogP contribution in [0.3, 0.4) is 0 Å². The van der Waals surface area contributed by atoms with Crippen molar-refractivity contribution in [3.05, 3.63) is 24.7 Å². The number of aryl methyl sites for hydroxylation is 1. The minimum Gasteiger partial charge on any atom is -0.396 e. The molecule has 3 rings (SSSR count). The predicted molar refractivity (Wildman–Crippen MR) is 84.6 cm³/mol. The molecule has 7 nitrogen and oxygen atoms in total. The van der Waals surface area contributed by atoms with Gasteiger partial charge in [-0.1, -0.05) is 0 Å². The van der Waals surface area contributed by atoms with Crippen molar-refractivity contribution < 1.29 is 5.11 Å². The Labute approximate surface area is 130 Å². The van der Waals surface area contributed by atoms with Gasteiger partial charge in [-0.05, 0) is 19.5 Å². The first-order chi connectivity index (χ1) is 10.7. The SMILES string of the molecule is CN1CCN(c2nccc(-c3cnn(C)c3)n2)CC1CCO. The van der Waals surface area contributed by atoms with Gasteiger partial charge in [-0.15, -0.1) is 0 Å². The van der Waals surface area contributed by atoms with E-state index in [1.165, 1.54) is 0 Å². The molecule has 0 radical (unpaired) electrons. The molecular formula is C15H22N6O. The first kappa shape index (κ1) is 14.9. The van der Waals surface area contributed by atoms with Gasteiger partial charge in [-0.3, -0.25) is 9.58 Å². The number of anilines is 1. The lowest BCUT2D eigenvalue weighted by atomic mass is 10.1. The molecule has 1 aliphatic rings. The van der Waals surface area contributed by atoms with Gasteiger partial charge in [-0.25, -0.2) is 9.97 Å². The lowest BCUT2D eigenvalue weighted by molar-refractivity contribution is 0.170. The van der Waals surface area contributed by atoms with Crippen molar-refractivity contribution in [2.75, 3.05) is 38.2 Å². The number of piperazine rings is 1. The van der Waals surface area contributed by atoms with Crippen molar-refractivity contribution >= 4 is 5.95 Å². The lowest BCUT2D eigenvalue weighted by Gasteiger charge is -2.39. The third kappa shape index (κ3) is 3.10. The summed E-state index contributed by atoms with van der Waals surface area (Å²) in [5.74, 6) is 0.748. The van der Waals surface area contributed by atoms with Crippen LogP contribution in [0.15, 0.2) is 24.7 Å². The van der Waals surface area contributed by atoms with Crippen molar-refractivity contribution in [1.82, 2.24) is 24.6 Å². The van der Waals surface area contributed by atoms with Crippen LogP contribution in [0, 0.1) is 0 Å². The molecular weight excluding hydrogens is 280 g/mol. The molecule has 1 fully saturated rings. The van der Waals surface area contributed by atoms with Gasteiger partial charge in [0.2, 0.25) is 5.95 Å². The van der Waals surface area contributed by atoms with E-state index in [9.17, 15) is 5.11 Å². The number of rotatable bonds is 4. The minimum atomic E-state index is 0.208. The zero-order valence-electron chi connectivity index (χ0n) is 13.1. The number of aliphatic hydroxyl groups is 1. The van der Waals surface area contributed by atoms with Gasteiger partial charge in [0.15, 0.2) is 0 Å². The van der Waals surface area contributed by atoms with Gasteiger partial charge in [0.05, 0.1) is 11.9 Å². The standard InChI is InChI=1S/C15H22N6O/c1-19-6-7-21(11-13(19)4-8-22)15-16-5-3-14(18-15)12-9-17-20(2)10-12/h3,5,9-10,13,22H,4,6-8,11H2,1-2H3. The summed E-state index contributed by atoms with van der Waals surface area (Å²) in [6.45, 7) is 2.90. The summed E-state index contributed by atoms with van der Waals surface area (Å²) in [5.41, 5.74) is 1.88. The van der Waals surface area contributed by atoms with E-state index in [0.717, 1.165) is 43.3 Å². The van der Waals surface area contributed by atoms with Crippen LogP contribution >= 0.6 is 0 Å². The molecule has 0 saturated carbocycles. The first-order valence-electron chi connectivity index (χ1n) is 7.55. The Kier molecular flexibility index (Phi) is 4.35. The third-order valence-electron chi connectivity index (χ3n) is 4.17. The van der Waals surface area contributed by atoms with Gasteiger partial charge in [0.25, 0.3) is 0 Å². The molecule has 2 aromatic rings. The lowest BCUT2D eigenvalue weighted by Crippen LogP contribution is -2.52. The highest BCUT2D eigenvalue weighted by molar-refractivity contribution is 5.58. The molecule has 1 aliphatic heterocycles. The number of aromatic nitrogens is 4. The summed E-state index contributed by atoms with van der Waals surface area (Å²) >= 11 is 0. The van der Waals surface area contributed by atoms with Crippen molar-refractivity contribution in [1.29, 1.82) is 0 Å². The highest BCUT2D eigenvalue weighted by Crippen LogP contribution is 2.20. The van der Waals surface area contributed by atoms with Crippen molar-refractivity contribution in [3.8, 4) is 11.3 Å². The van der Waals surface area contributed by atoms with Crippen LogP contribution in [0.4, 0.5) is 5.95 Å². The molecule has 1 atom stereocenters. The van der Waals surface area contributed by atoms with Gasteiger partial charge < -0.3 is 10.0 Å². The van der Waals surface area contributed by atoms with Crippen LogP contribution in [0.25, 0.3) is 11.3 Å². The normalized spacial score (nSPS) is 19.6. The summed E-state index contributed by atoms with van der Waals surface area (Å²) in [5, 5.41) is 13.4. The van der Waals surface area contributed by atoms with E-state index in [4.69, 9.17) is 0 Å². The predicted octanol–water partition coefficient (Wildman–Crippen LogP) is 0.380. The second-order valence-electron chi connectivity index (χ2n) is 5.74. The molecule has 0 bridgehead atoms. The molecule has 0 aromatic carbocycles. The van der Waals surface area contributed by atoms with Crippen molar-refractivity contribution in [3.63, 3.8) is 0 Å². The number of aliphatic hydroxyl groups excluding tert-OH is 1. The Hall–Kier alpha value is -1.99. The maximum Gasteiger partial charge on any atom is 0.225 e. The fraction of sp³-hybridized carbons (Fsp3) is 0.533. The highest BCUT2D eigenvalue weighted by Gasteiger charge is 2.25. The summed E-state index contributed by atoms with van der Waals surface area (Å²) in [4.78, 5) is 13.6. The summed E-state index contributed by atoms with van der Waals surface area (Å²) in [6.07, 6.45) is 6.33. The molecule has 1 unspecified atom stereocenters. The largest absolute Gasteiger partial charge is 0.396 e. The maximum atomic E-state index is 9.20. The van der Waals surface area contributed by atoms with Crippen LogP contribution in [0.2, 0.25) is 0 Å². The summed E-state index contributed by atoms with van der Waals surface area (Å²) < 4.78 is 1.77. The van der Waals surface area contributed by atoms with Crippen LogP contribution in [0.5, 0.6) is 0 Å². The number of nitrogens with zero attached hydrogens (tertiary/aromatic N) is 6. The Morgan fingerprint density at radius 2 is 2.18 bits per heavy atom. The average molecular weight is 302 g/mol. The fourth-order valence-corrected chi connectivity index (χ4v) is 2.80. The number of hydrogen-bond acceptors (Lipinski definition) is 6. The topological polar surface area (TPSA) is 70.3 Å². The molecule has 0 amide bonds. The zero-order chi connectivity index (χ0) is 15.5. The second-order valence-corrected chi connectivity index (χ2v) is 5.74. The van der Waals surface area contributed by atoms with Gasteiger partial charge >= 0.3 is 0 Å². The highest BCUT2D eigenvalue weighted by atomic mass is 16.3. The summed E-state index contributed by atoms with van der Waals surface area (Å²) in [7, 11) is 4.00. The van der Waals surface area contributed by atoms with E-state index in [1.54, 1.807) is 10.9 Å². The molecule has 22 heavy (non-hydrogen) atoms. The number of likely N-dealkylation sites (N-methyl/N-ethyl adjacent to an activating group) is 1. The van der Waals surface area contributed by atoms with Crippen LogP contribution in [-0.4, -0.2) is 69.1 Å². The van der Waals surface area contributed by atoms with E-state index >= 15 is 0 Å². The van der Waals surface area contributed by atoms with Crippen LogP contribution < -0.4 is 4.90 Å². The molecule has 0 aliphatic carbocycles. The molecule has 7 heteroatoms. The summed E-state index contributed by atoms with van der Waals surface area (Å²) in [6, 6.07) is 2.24. The van der Waals surface area contributed by atoms with E-state index in [-0.39, 0.29) is 6.61 Å². The molecule has 0 spiro atoms. The Balaban J connectivity index is 1.80. The quantitative estimate of drug-likeness (QED) is 0.880. The smallest absolute Gasteiger partial charge is 0.225 e. The Bertz CT molecular complexity index is 628. The number of hydrogen-bond donors (Lipinski definition) is 1. The molecule has 118 valence electrons. The van der Waals surface area contributed by atoms with E-state index < -0.39 is 0 Å². The van der Waals surface area contributed by atoms with Gasteiger partial charge in [-0.2, -0.15) is 5.10 Å². The zero-order valence-corrected chi connectivity index (χ0v) is 13.1. The van der Waals surface area contributed by atoms with Crippen molar-refractivity contribution in [2.24, 2.45) is 7.05 Å². The molecule has 3 heterocycles. The van der Waals surface area contributed by atoms with Crippen LogP contribution in [0.1, 0.15) is 6.42 Å². The second kappa shape index (κ2) is 6.41. The average Bonchev–Trinajstić information content (AvgIpc) is 2.96. The van der Waals surface area contributed by atoms with E-state index in [1.807, 2.05) is 25.5 Å².